The van der Waals surface area contributed by atoms with Gasteiger partial charge in [0.1, 0.15) is 22.3 Å². The average Bonchev–Trinajstić information content (AvgIpc) is 4.26. The van der Waals surface area contributed by atoms with Crippen LogP contribution in [0.15, 0.2) is 251 Å². The SMILES string of the molecule is c1ccc(-c2ccc3oc4cc(-c5nc(-c6ccccc6)nc(-c6cccc7oc8ccc(-c9cc(-c%10ccc%11c(c%10)c%10ccccc%10n%11-c%10ccccc%10)c%10sc%11ccccc%11c%10c9)cc8c67)n5)ccc4c3c2)cc1. The second-order valence-corrected chi connectivity index (χ2v) is 20.5. The Morgan fingerprint density at radius 2 is 0.908 bits per heavy atom. The molecule has 0 fully saturated rings. The Morgan fingerprint density at radius 3 is 1.74 bits per heavy atom. The minimum atomic E-state index is 0.549. The summed E-state index contributed by atoms with van der Waals surface area (Å²) >= 11 is 1.86. The van der Waals surface area contributed by atoms with Crippen LogP contribution in [0.5, 0.6) is 0 Å². The van der Waals surface area contributed by atoms with Crippen molar-refractivity contribution in [1.29, 1.82) is 0 Å². The fourth-order valence-corrected chi connectivity index (χ4v) is 12.7. The summed E-state index contributed by atoms with van der Waals surface area (Å²) in [5, 5.41) is 8.96. The Balaban J connectivity index is 0.856. The lowest BCUT2D eigenvalue weighted by Gasteiger charge is -2.11. The number of thiophene rings is 1. The minimum Gasteiger partial charge on any atom is -0.456 e. The van der Waals surface area contributed by atoms with E-state index in [-0.39, 0.29) is 0 Å². The Labute approximate surface area is 439 Å². The Kier molecular flexibility index (Phi) is 9.40. The van der Waals surface area contributed by atoms with Crippen molar-refractivity contribution in [3.8, 4) is 73.2 Å². The highest BCUT2D eigenvalue weighted by molar-refractivity contribution is 7.26. The van der Waals surface area contributed by atoms with Crippen LogP contribution < -0.4 is 0 Å². The van der Waals surface area contributed by atoms with Gasteiger partial charge in [-0.25, -0.2) is 15.0 Å². The maximum Gasteiger partial charge on any atom is 0.164 e. The quantitative estimate of drug-likeness (QED) is 0.159. The Hall–Kier alpha value is -9.95. The standard InChI is InChI=1S/C69H40N4O2S/c1-4-15-41(16-5-1)43-29-33-60-55(35-43)50-31-27-46(40-63(50)75-60)68-70-67(42-17-6-2-7-18-42)71-69(72-68)52-23-14-25-62-65(52)57-36-44(30-34-61(57)74-62)47-38-53(66-56(39-47)51-22-11-13-26-64(51)76-66)45-28-32-59-54(37-45)49-21-10-12-24-58(49)73(59)48-19-8-3-9-20-48/h1-40H. The number of hydrogen-bond donors (Lipinski definition) is 0. The third kappa shape index (κ3) is 6.76. The van der Waals surface area contributed by atoms with E-state index in [1.54, 1.807) is 0 Å². The zero-order valence-electron chi connectivity index (χ0n) is 40.6. The van der Waals surface area contributed by atoms with Gasteiger partial charge in [0.15, 0.2) is 17.5 Å². The summed E-state index contributed by atoms with van der Waals surface area (Å²) in [5.74, 6) is 1.68. The third-order valence-corrected chi connectivity index (χ3v) is 16.3. The van der Waals surface area contributed by atoms with Crippen molar-refractivity contribution >= 4 is 97.2 Å². The van der Waals surface area contributed by atoms with Gasteiger partial charge < -0.3 is 13.4 Å². The molecule has 7 heteroatoms. The minimum absolute atomic E-state index is 0.549. The monoisotopic (exact) mass is 988 g/mol. The molecular weight excluding hydrogens is 949 g/mol. The van der Waals surface area contributed by atoms with E-state index in [2.05, 4.69) is 193 Å². The molecule has 0 spiro atoms. The van der Waals surface area contributed by atoms with Gasteiger partial charge in [-0.05, 0) is 119 Å². The fraction of sp³-hybridized carbons (Fsp3) is 0. The van der Waals surface area contributed by atoms with E-state index in [4.69, 9.17) is 23.8 Å². The molecule has 0 saturated carbocycles. The molecule has 354 valence electrons. The Morgan fingerprint density at radius 1 is 0.303 bits per heavy atom. The number of benzene rings is 11. The predicted molar refractivity (Wildman–Crippen MR) is 314 cm³/mol. The van der Waals surface area contributed by atoms with Crippen LogP contribution in [0.2, 0.25) is 0 Å². The molecule has 16 rings (SSSR count). The molecule has 0 saturated heterocycles. The second kappa shape index (κ2) is 16.8. The summed E-state index contributed by atoms with van der Waals surface area (Å²) < 4.78 is 18.1. The normalized spacial score (nSPS) is 11.9. The van der Waals surface area contributed by atoms with Crippen LogP contribution in [0.1, 0.15) is 0 Å². The van der Waals surface area contributed by atoms with Crippen LogP contribution in [0.4, 0.5) is 0 Å². The van der Waals surface area contributed by atoms with Crippen molar-refractivity contribution in [3.63, 3.8) is 0 Å². The van der Waals surface area contributed by atoms with Gasteiger partial charge in [-0.2, -0.15) is 0 Å². The van der Waals surface area contributed by atoms with E-state index in [1.807, 2.05) is 65.9 Å². The molecule has 0 bridgehead atoms. The first-order valence-corrected chi connectivity index (χ1v) is 26.3. The van der Waals surface area contributed by atoms with Crippen LogP contribution in [-0.4, -0.2) is 19.5 Å². The molecule has 11 aromatic carbocycles. The number of aromatic nitrogens is 4. The topological polar surface area (TPSA) is 69.9 Å². The highest BCUT2D eigenvalue weighted by Gasteiger charge is 2.22. The zero-order chi connectivity index (χ0) is 49.8. The van der Waals surface area contributed by atoms with E-state index in [0.717, 1.165) is 88.5 Å². The molecule has 76 heavy (non-hydrogen) atoms. The molecule has 5 aromatic heterocycles. The van der Waals surface area contributed by atoms with Crippen LogP contribution in [-0.2, 0) is 0 Å². The van der Waals surface area contributed by atoms with Gasteiger partial charge in [-0.15, -0.1) is 11.3 Å². The molecule has 0 radical (unpaired) electrons. The van der Waals surface area contributed by atoms with Crippen LogP contribution in [0, 0.1) is 0 Å². The molecule has 0 amide bonds. The summed E-state index contributed by atoms with van der Waals surface area (Å²) in [7, 11) is 0. The average molecular weight is 989 g/mol. The molecule has 0 aliphatic heterocycles. The molecular formula is C69H40N4O2S. The number of furan rings is 2. The van der Waals surface area contributed by atoms with Crippen molar-refractivity contribution in [3.05, 3.63) is 243 Å². The molecule has 0 atom stereocenters. The van der Waals surface area contributed by atoms with Gasteiger partial charge in [0.2, 0.25) is 0 Å². The van der Waals surface area contributed by atoms with Gasteiger partial charge in [0.25, 0.3) is 0 Å². The maximum absolute atomic E-state index is 6.68. The summed E-state index contributed by atoms with van der Waals surface area (Å²) in [6.07, 6.45) is 0. The van der Waals surface area contributed by atoms with Gasteiger partial charge >= 0.3 is 0 Å². The highest BCUT2D eigenvalue weighted by Crippen LogP contribution is 2.46. The Bertz CT molecular complexity index is 4990. The van der Waals surface area contributed by atoms with Crippen molar-refractivity contribution in [2.75, 3.05) is 0 Å². The lowest BCUT2D eigenvalue weighted by molar-refractivity contribution is 0.668. The first-order chi connectivity index (χ1) is 37.6. The van der Waals surface area contributed by atoms with Crippen molar-refractivity contribution in [2.45, 2.75) is 0 Å². The molecule has 16 aromatic rings. The van der Waals surface area contributed by atoms with E-state index in [0.29, 0.717) is 17.5 Å². The van der Waals surface area contributed by atoms with Crippen molar-refractivity contribution < 1.29 is 8.83 Å². The first kappa shape index (κ1) is 42.5. The zero-order valence-corrected chi connectivity index (χ0v) is 41.4. The van der Waals surface area contributed by atoms with Gasteiger partial charge in [0.05, 0.1) is 11.0 Å². The maximum atomic E-state index is 6.68. The highest BCUT2D eigenvalue weighted by atomic mass is 32.1. The number of rotatable bonds is 7. The molecule has 0 N–H and O–H groups in total. The van der Waals surface area contributed by atoms with E-state index in [9.17, 15) is 0 Å². The summed E-state index contributed by atoms with van der Waals surface area (Å²) in [5.41, 5.74) is 16.1. The van der Waals surface area contributed by atoms with Crippen LogP contribution >= 0.6 is 11.3 Å². The summed E-state index contributed by atoms with van der Waals surface area (Å²) in [6.45, 7) is 0. The molecule has 5 heterocycles. The number of fused-ring (bicyclic) bond motifs is 12. The number of hydrogen-bond acceptors (Lipinski definition) is 6. The fourth-order valence-electron chi connectivity index (χ4n) is 11.5. The second-order valence-electron chi connectivity index (χ2n) is 19.5. The van der Waals surface area contributed by atoms with Crippen molar-refractivity contribution in [2.24, 2.45) is 0 Å². The predicted octanol–water partition coefficient (Wildman–Crippen LogP) is 19.1. The van der Waals surface area contributed by atoms with E-state index < -0.39 is 0 Å². The first-order valence-electron chi connectivity index (χ1n) is 25.5. The van der Waals surface area contributed by atoms with Crippen molar-refractivity contribution in [1.82, 2.24) is 19.5 Å². The van der Waals surface area contributed by atoms with Gasteiger partial charge in [-0.3, -0.25) is 0 Å². The molecule has 0 unspecified atom stereocenters. The van der Waals surface area contributed by atoms with Gasteiger partial charge in [0, 0.05) is 80.4 Å². The van der Waals surface area contributed by atoms with Crippen LogP contribution in [0.25, 0.3) is 159 Å². The largest absolute Gasteiger partial charge is 0.456 e. The van der Waals surface area contributed by atoms with Crippen LogP contribution in [0.3, 0.4) is 0 Å². The smallest absolute Gasteiger partial charge is 0.164 e. The van der Waals surface area contributed by atoms with E-state index in [1.165, 1.54) is 53.1 Å². The molecule has 0 aliphatic carbocycles. The summed E-state index contributed by atoms with van der Waals surface area (Å²) in [4.78, 5) is 15.6. The van der Waals surface area contributed by atoms with Gasteiger partial charge in [-0.1, -0.05) is 152 Å². The molecule has 6 nitrogen and oxygen atoms in total. The summed E-state index contributed by atoms with van der Waals surface area (Å²) in [6, 6.07) is 85.8. The van der Waals surface area contributed by atoms with E-state index >= 15 is 0 Å². The lowest BCUT2D eigenvalue weighted by Crippen LogP contribution is -2.00. The molecule has 0 aliphatic rings. The lowest BCUT2D eigenvalue weighted by atomic mass is 9.94. The third-order valence-electron chi connectivity index (χ3n) is 15.0. The number of nitrogens with zero attached hydrogens (tertiary/aromatic N) is 4. The number of para-hydroxylation sites is 2.